The minimum absolute atomic E-state index is 0.0993. The largest absolute Gasteiger partial charge is 0.351 e. The van der Waals surface area contributed by atoms with Gasteiger partial charge in [0.15, 0.2) is 11.6 Å². The van der Waals surface area contributed by atoms with Crippen LogP contribution in [0.2, 0.25) is 15.1 Å². The Bertz CT molecular complexity index is 747. The van der Waals surface area contributed by atoms with Crippen LogP contribution in [-0.4, -0.2) is 23.5 Å². The van der Waals surface area contributed by atoms with E-state index in [9.17, 15) is 9.59 Å². The second kappa shape index (κ2) is 6.91. The van der Waals surface area contributed by atoms with Gasteiger partial charge in [-0.3, -0.25) is 9.59 Å². The Hall–Kier alpha value is -1.29. The Balaban J connectivity index is 2.83. The van der Waals surface area contributed by atoms with E-state index < -0.39 is 5.92 Å². The summed E-state index contributed by atoms with van der Waals surface area (Å²) in [5, 5.41) is 0.837. The Morgan fingerprint density at radius 3 is 1.62 bits per heavy atom. The molecule has 1 aromatic carbocycles. The van der Waals surface area contributed by atoms with Crippen LogP contribution in [-0.2, 0) is 9.59 Å². The van der Waals surface area contributed by atoms with E-state index in [1.165, 1.54) is 13.8 Å². The van der Waals surface area contributed by atoms with Gasteiger partial charge < -0.3 is 4.90 Å². The Kier molecular flexibility index (Phi) is 5.48. The maximum Gasteiger partial charge on any atom is 0.158 e. The van der Waals surface area contributed by atoms with Crippen molar-refractivity contribution >= 4 is 46.4 Å². The van der Waals surface area contributed by atoms with Crippen LogP contribution in [0.15, 0.2) is 34.7 Å². The second-order valence-corrected chi connectivity index (χ2v) is 7.09. The first kappa shape index (κ1) is 19.0. The van der Waals surface area contributed by atoms with Gasteiger partial charge in [-0.25, -0.2) is 0 Å². The van der Waals surface area contributed by atoms with Gasteiger partial charge in [0.05, 0.1) is 15.1 Å². The smallest absolute Gasteiger partial charge is 0.158 e. The van der Waals surface area contributed by atoms with E-state index in [0.29, 0.717) is 26.8 Å². The molecule has 0 bridgehead atoms. The van der Waals surface area contributed by atoms with Crippen molar-refractivity contribution in [3.8, 4) is 0 Å². The molecule has 6 heteroatoms. The SMILES string of the molecule is CC(=O)C1=C(C)N(C)C(C)=C(C(C)=O)C1c1cc(Cl)c(Cl)c(Cl)c1. The molecule has 0 atom stereocenters. The molecule has 0 radical (unpaired) electrons. The van der Waals surface area contributed by atoms with Crippen molar-refractivity contribution in [1.82, 2.24) is 4.90 Å². The molecule has 1 aromatic rings. The molecule has 0 fully saturated rings. The molecule has 128 valence electrons. The summed E-state index contributed by atoms with van der Waals surface area (Å²) < 4.78 is 0. The second-order valence-electron chi connectivity index (χ2n) is 5.90. The van der Waals surface area contributed by atoms with Gasteiger partial charge in [0.1, 0.15) is 0 Å². The van der Waals surface area contributed by atoms with Crippen LogP contribution in [0.25, 0.3) is 0 Å². The Morgan fingerprint density at radius 1 is 0.917 bits per heavy atom. The maximum absolute atomic E-state index is 12.3. The lowest BCUT2D eigenvalue weighted by Crippen LogP contribution is -2.31. The summed E-state index contributed by atoms with van der Waals surface area (Å²) in [6, 6.07) is 3.33. The molecule has 1 aliphatic rings. The van der Waals surface area contributed by atoms with Gasteiger partial charge >= 0.3 is 0 Å². The van der Waals surface area contributed by atoms with Crippen LogP contribution in [0.3, 0.4) is 0 Å². The Labute approximate surface area is 156 Å². The standard InChI is InChI=1S/C18H18Cl3NO2/c1-8-15(10(3)23)17(16(11(4)24)9(2)22(8)5)12-6-13(19)18(21)14(20)7-12/h6-7,17H,1-5H3. The number of halogens is 3. The number of Topliss-reactive ketones (excluding diaryl/α,β-unsaturated/α-hetero) is 2. The van der Waals surface area contributed by atoms with Gasteiger partial charge in [0.2, 0.25) is 0 Å². The molecule has 3 nitrogen and oxygen atoms in total. The number of ketones is 2. The zero-order valence-corrected chi connectivity index (χ0v) is 16.4. The lowest BCUT2D eigenvalue weighted by molar-refractivity contribution is -0.114. The Morgan fingerprint density at radius 2 is 1.29 bits per heavy atom. The zero-order chi connectivity index (χ0) is 18.3. The molecule has 0 saturated carbocycles. The molecule has 1 heterocycles. The van der Waals surface area contributed by atoms with E-state index in [1.807, 2.05) is 25.8 Å². The van der Waals surface area contributed by atoms with Crippen molar-refractivity contribution in [2.75, 3.05) is 7.05 Å². The third-order valence-electron chi connectivity index (χ3n) is 4.46. The lowest BCUT2D eigenvalue weighted by atomic mass is 9.77. The minimum atomic E-state index is -0.511. The predicted octanol–water partition coefficient (Wildman–Crippen LogP) is 5.40. The molecule has 2 rings (SSSR count). The molecule has 0 N–H and O–H groups in total. The van der Waals surface area contributed by atoms with E-state index in [1.54, 1.807) is 12.1 Å². The summed E-state index contributed by atoms with van der Waals surface area (Å²) >= 11 is 18.4. The lowest BCUT2D eigenvalue weighted by Gasteiger charge is -2.36. The summed E-state index contributed by atoms with van der Waals surface area (Å²) in [4.78, 5) is 26.5. The van der Waals surface area contributed by atoms with E-state index in [2.05, 4.69) is 0 Å². The molecule has 1 aliphatic heterocycles. The first-order valence-corrected chi connectivity index (χ1v) is 8.52. The van der Waals surface area contributed by atoms with Gasteiger partial charge in [-0.2, -0.15) is 0 Å². The summed E-state index contributed by atoms with van der Waals surface area (Å²) in [5.41, 5.74) is 3.40. The minimum Gasteiger partial charge on any atom is -0.351 e. The third-order valence-corrected chi connectivity index (χ3v) is 5.66. The number of hydrogen-bond donors (Lipinski definition) is 0. The first-order chi connectivity index (χ1) is 11.1. The number of hydrogen-bond acceptors (Lipinski definition) is 3. The van der Waals surface area contributed by atoms with Crippen molar-refractivity contribution < 1.29 is 9.59 Å². The van der Waals surface area contributed by atoms with Crippen LogP contribution in [0.4, 0.5) is 0 Å². The maximum atomic E-state index is 12.3. The highest BCUT2D eigenvalue weighted by molar-refractivity contribution is 6.48. The van der Waals surface area contributed by atoms with E-state index >= 15 is 0 Å². The van der Waals surface area contributed by atoms with Gasteiger partial charge in [-0.15, -0.1) is 0 Å². The van der Waals surface area contributed by atoms with Gasteiger partial charge in [0, 0.05) is 35.5 Å². The number of nitrogens with zero attached hydrogens (tertiary/aromatic N) is 1. The average Bonchev–Trinajstić information content (AvgIpc) is 2.48. The van der Waals surface area contributed by atoms with Crippen LogP contribution >= 0.6 is 34.8 Å². The molecule has 0 spiro atoms. The van der Waals surface area contributed by atoms with E-state index in [0.717, 1.165) is 11.4 Å². The van der Waals surface area contributed by atoms with Gasteiger partial charge in [-0.1, -0.05) is 34.8 Å². The highest BCUT2D eigenvalue weighted by atomic mass is 35.5. The third kappa shape index (κ3) is 3.13. The fourth-order valence-electron chi connectivity index (χ4n) is 3.17. The number of carbonyl (C=O) groups excluding carboxylic acids is 2. The molecule has 0 aromatic heterocycles. The number of rotatable bonds is 3. The molecule has 0 amide bonds. The van der Waals surface area contributed by atoms with E-state index in [-0.39, 0.29) is 16.6 Å². The van der Waals surface area contributed by atoms with Crippen LogP contribution in [0.5, 0.6) is 0 Å². The number of benzene rings is 1. The van der Waals surface area contributed by atoms with Crippen molar-refractivity contribution in [3.63, 3.8) is 0 Å². The summed E-state index contributed by atoms with van der Waals surface area (Å²) in [7, 11) is 1.84. The first-order valence-electron chi connectivity index (χ1n) is 7.39. The number of allylic oxidation sites excluding steroid dienone is 4. The molecule has 24 heavy (non-hydrogen) atoms. The fourth-order valence-corrected chi connectivity index (χ4v) is 3.78. The fraction of sp³-hybridized carbons (Fsp3) is 0.333. The molecular weight excluding hydrogens is 369 g/mol. The molecule has 0 saturated heterocycles. The van der Waals surface area contributed by atoms with E-state index in [4.69, 9.17) is 34.8 Å². The topological polar surface area (TPSA) is 37.4 Å². The molecule has 0 unspecified atom stereocenters. The van der Waals surface area contributed by atoms with Gasteiger partial charge in [-0.05, 0) is 45.4 Å². The monoisotopic (exact) mass is 385 g/mol. The molecular formula is C18H18Cl3NO2. The summed E-state index contributed by atoms with van der Waals surface area (Å²) in [5.74, 6) is -0.709. The van der Waals surface area contributed by atoms with Crippen LogP contribution < -0.4 is 0 Å². The zero-order valence-electron chi connectivity index (χ0n) is 14.1. The van der Waals surface area contributed by atoms with Crippen LogP contribution in [0.1, 0.15) is 39.2 Å². The highest BCUT2D eigenvalue weighted by Crippen LogP contribution is 2.44. The predicted molar refractivity (Wildman–Crippen MR) is 98.7 cm³/mol. The van der Waals surface area contributed by atoms with Crippen molar-refractivity contribution in [2.45, 2.75) is 33.6 Å². The molecule has 0 aliphatic carbocycles. The highest BCUT2D eigenvalue weighted by Gasteiger charge is 2.36. The van der Waals surface area contributed by atoms with Crippen molar-refractivity contribution in [2.24, 2.45) is 0 Å². The quantitative estimate of drug-likeness (QED) is 0.652. The summed E-state index contributed by atoms with van der Waals surface area (Å²) in [6.45, 7) is 6.72. The number of carbonyl (C=O) groups is 2. The average molecular weight is 387 g/mol. The van der Waals surface area contributed by atoms with Crippen molar-refractivity contribution in [1.29, 1.82) is 0 Å². The van der Waals surface area contributed by atoms with Gasteiger partial charge in [0.25, 0.3) is 0 Å². The van der Waals surface area contributed by atoms with Crippen LogP contribution in [0, 0.1) is 0 Å². The summed E-state index contributed by atoms with van der Waals surface area (Å²) in [6.07, 6.45) is 0. The van der Waals surface area contributed by atoms with Crippen molar-refractivity contribution in [3.05, 3.63) is 55.3 Å². The normalized spacial score (nSPS) is 16.1.